The van der Waals surface area contributed by atoms with Crippen molar-refractivity contribution in [3.8, 4) is 0 Å². The van der Waals surface area contributed by atoms with Crippen LogP contribution in [0.25, 0.3) is 0 Å². The molecule has 1 heterocycles. The van der Waals surface area contributed by atoms with E-state index in [0.29, 0.717) is 5.56 Å². The number of amides is 1. The minimum Gasteiger partial charge on any atom is -0.345 e. The van der Waals surface area contributed by atoms with Crippen LogP contribution < -0.4 is 5.32 Å². The number of carbonyl (C=O) groups excluding carboxylic acids is 1. The van der Waals surface area contributed by atoms with E-state index in [-0.39, 0.29) is 11.9 Å². The van der Waals surface area contributed by atoms with Crippen LogP contribution in [0.2, 0.25) is 0 Å². The second kappa shape index (κ2) is 5.73. The second-order valence-corrected chi connectivity index (χ2v) is 4.70. The van der Waals surface area contributed by atoms with Crippen LogP contribution in [0, 0.1) is 0 Å². The molecule has 0 spiro atoms. The van der Waals surface area contributed by atoms with Crippen LogP contribution in [0.4, 0.5) is 0 Å². The van der Waals surface area contributed by atoms with Gasteiger partial charge in [0.15, 0.2) is 0 Å². The largest absolute Gasteiger partial charge is 0.345 e. The first-order valence-electron chi connectivity index (χ1n) is 5.49. The Balaban J connectivity index is 2.11. The predicted molar refractivity (Wildman–Crippen MR) is 72.1 cm³/mol. The van der Waals surface area contributed by atoms with Crippen molar-refractivity contribution in [3.05, 3.63) is 58.6 Å². The number of halogens is 1. The molecule has 1 unspecified atom stereocenters. The molecule has 1 aromatic heterocycles. The first kappa shape index (κ1) is 12.7. The number of aromatic nitrogens is 2. The van der Waals surface area contributed by atoms with E-state index in [9.17, 15) is 4.79 Å². The highest BCUT2D eigenvalue weighted by Crippen LogP contribution is 2.22. The maximum atomic E-state index is 11.9. The van der Waals surface area contributed by atoms with E-state index < -0.39 is 0 Å². The highest BCUT2D eigenvalue weighted by atomic mass is 79.9. The molecule has 18 heavy (non-hydrogen) atoms. The third kappa shape index (κ3) is 2.92. The lowest BCUT2D eigenvalue weighted by Gasteiger charge is -2.15. The number of hydrogen-bond donors (Lipinski definition) is 1. The van der Waals surface area contributed by atoms with Crippen LogP contribution in [-0.4, -0.2) is 15.9 Å². The van der Waals surface area contributed by atoms with E-state index >= 15 is 0 Å². The van der Waals surface area contributed by atoms with Gasteiger partial charge in [-0.2, -0.15) is 0 Å². The molecule has 1 aromatic carbocycles. The SMILES string of the molecule is CC(NC(=O)c1cncnc1)c1ccccc1Br. The van der Waals surface area contributed by atoms with E-state index in [0.717, 1.165) is 10.0 Å². The summed E-state index contributed by atoms with van der Waals surface area (Å²) in [7, 11) is 0. The molecule has 1 N–H and O–H groups in total. The van der Waals surface area contributed by atoms with Crippen LogP contribution >= 0.6 is 15.9 Å². The zero-order chi connectivity index (χ0) is 13.0. The van der Waals surface area contributed by atoms with Gasteiger partial charge in [0.05, 0.1) is 11.6 Å². The van der Waals surface area contributed by atoms with Gasteiger partial charge in [-0.15, -0.1) is 0 Å². The van der Waals surface area contributed by atoms with Crippen molar-refractivity contribution in [1.29, 1.82) is 0 Å². The first-order chi connectivity index (χ1) is 8.68. The molecule has 0 saturated heterocycles. The molecule has 0 aliphatic heterocycles. The molecule has 2 aromatic rings. The van der Waals surface area contributed by atoms with Gasteiger partial charge in [-0.25, -0.2) is 9.97 Å². The van der Waals surface area contributed by atoms with Crippen molar-refractivity contribution in [3.63, 3.8) is 0 Å². The Labute approximate surface area is 114 Å². The highest BCUT2D eigenvalue weighted by Gasteiger charge is 2.13. The van der Waals surface area contributed by atoms with Crippen LogP contribution in [0.1, 0.15) is 28.9 Å². The van der Waals surface area contributed by atoms with E-state index in [2.05, 4.69) is 31.2 Å². The van der Waals surface area contributed by atoms with Crippen molar-refractivity contribution in [2.24, 2.45) is 0 Å². The zero-order valence-corrected chi connectivity index (χ0v) is 11.4. The van der Waals surface area contributed by atoms with Gasteiger partial charge in [-0.3, -0.25) is 4.79 Å². The molecular weight excluding hydrogens is 294 g/mol. The molecule has 1 atom stereocenters. The van der Waals surface area contributed by atoms with Crippen molar-refractivity contribution in [2.45, 2.75) is 13.0 Å². The standard InChI is InChI=1S/C13H12BrN3O/c1-9(11-4-2-3-5-12(11)14)17-13(18)10-6-15-8-16-7-10/h2-9H,1H3,(H,17,18). The minimum absolute atomic E-state index is 0.0896. The smallest absolute Gasteiger partial charge is 0.254 e. The summed E-state index contributed by atoms with van der Waals surface area (Å²) in [5.74, 6) is -0.182. The number of nitrogens with zero attached hydrogens (tertiary/aromatic N) is 2. The van der Waals surface area contributed by atoms with Gasteiger partial charge in [-0.1, -0.05) is 34.1 Å². The Morgan fingerprint density at radius 3 is 2.61 bits per heavy atom. The molecule has 0 saturated carbocycles. The van der Waals surface area contributed by atoms with Crippen LogP contribution in [0.15, 0.2) is 47.5 Å². The summed E-state index contributed by atoms with van der Waals surface area (Å²) in [4.78, 5) is 19.6. The van der Waals surface area contributed by atoms with Gasteiger partial charge in [0.2, 0.25) is 0 Å². The summed E-state index contributed by atoms with van der Waals surface area (Å²) in [5.41, 5.74) is 1.49. The summed E-state index contributed by atoms with van der Waals surface area (Å²) in [6.07, 6.45) is 4.39. The first-order valence-corrected chi connectivity index (χ1v) is 6.28. The maximum absolute atomic E-state index is 11.9. The Hall–Kier alpha value is -1.75. The van der Waals surface area contributed by atoms with E-state index in [1.54, 1.807) is 0 Å². The van der Waals surface area contributed by atoms with Gasteiger partial charge in [0.1, 0.15) is 6.33 Å². The Morgan fingerprint density at radius 1 is 1.28 bits per heavy atom. The van der Waals surface area contributed by atoms with Gasteiger partial charge in [-0.05, 0) is 18.6 Å². The number of nitrogens with one attached hydrogen (secondary N) is 1. The van der Waals surface area contributed by atoms with Gasteiger partial charge in [0, 0.05) is 16.9 Å². The fourth-order valence-electron chi connectivity index (χ4n) is 1.60. The zero-order valence-electron chi connectivity index (χ0n) is 9.80. The van der Waals surface area contributed by atoms with E-state index in [1.807, 2.05) is 31.2 Å². The molecule has 5 heteroatoms. The van der Waals surface area contributed by atoms with Crippen LogP contribution in [-0.2, 0) is 0 Å². The number of benzene rings is 1. The Bertz CT molecular complexity index is 545. The molecule has 2 rings (SSSR count). The quantitative estimate of drug-likeness (QED) is 0.948. The predicted octanol–water partition coefficient (Wildman–Crippen LogP) is 2.73. The van der Waals surface area contributed by atoms with Crippen LogP contribution in [0.5, 0.6) is 0 Å². The third-order valence-electron chi connectivity index (χ3n) is 2.54. The van der Waals surface area contributed by atoms with Gasteiger partial charge in [0.25, 0.3) is 5.91 Å². The molecule has 92 valence electrons. The highest BCUT2D eigenvalue weighted by molar-refractivity contribution is 9.10. The normalized spacial score (nSPS) is 11.9. The molecular formula is C13H12BrN3O. The topological polar surface area (TPSA) is 54.9 Å². The van der Waals surface area contributed by atoms with E-state index in [1.165, 1.54) is 18.7 Å². The summed E-state index contributed by atoms with van der Waals surface area (Å²) in [6.45, 7) is 1.93. The average Bonchev–Trinajstić information content (AvgIpc) is 2.40. The summed E-state index contributed by atoms with van der Waals surface area (Å²) >= 11 is 3.47. The van der Waals surface area contributed by atoms with Gasteiger partial charge >= 0.3 is 0 Å². The van der Waals surface area contributed by atoms with Crippen molar-refractivity contribution >= 4 is 21.8 Å². The lowest BCUT2D eigenvalue weighted by Crippen LogP contribution is -2.27. The molecule has 1 amide bonds. The van der Waals surface area contributed by atoms with Crippen molar-refractivity contribution in [2.75, 3.05) is 0 Å². The fraction of sp³-hybridized carbons (Fsp3) is 0.154. The molecule has 0 aliphatic carbocycles. The monoisotopic (exact) mass is 305 g/mol. The lowest BCUT2D eigenvalue weighted by molar-refractivity contribution is 0.0939. The Morgan fingerprint density at radius 2 is 1.94 bits per heavy atom. The van der Waals surface area contributed by atoms with Crippen molar-refractivity contribution in [1.82, 2.24) is 15.3 Å². The summed E-state index contributed by atoms with van der Waals surface area (Å²) in [5, 5.41) is 2.90. The number of rotatable bonds is 3. The molecule has 0 fully saturated rings. The molecule has 0 radical (unpaired) electrons. The average molecular weight is 306 g/mol. The number of hydrogen-bond acceptors (Lipinski definition) is 3. The van der Waals surface area contributed by atoms with Crippen molar-refractivity contribution < 1.29 is 4.79 Å². The second-order valence-electron chi connectivity index (χ2n) is 3.84. The molecule has 0 bridgehead atoms. The van der Waals surface area contributed by atoms with Gasteiger partial charge < -0.3 is 5.32 Å². The van der Waals surface area contributed by atoms with Crippen LogP contribution in [0.3, 0.4) is 0 Å². The van der Waals surface area contributed by atoms with E-state index in [4.69, 9.17) is 0 Å². The fourth-order valence-corrected chi connectivity index (χ4v) is 2.23. The third-order valence-corrected chi connectivity index (χ3v) is 3.26. The number of carbonyl (C=O) groups is 1. The Kier molecular flexibility index (Phi) is 4.04. The molecule has 4 nitrogen and oxygen atoms in total. The lowest BCUT2D eigenvalue weighted by atomic mass is 10.1. The minimum atomic E-state index is -0.182. The molecule has 0 aliphatic rings. The summed E-state index contributed by atoms with van der Waals surface area (Å²) < 4.78 is 0.974. The maximum Gasteiger partial charge on any atom is 0.254 e. The summed E-state index contributed by atoms with van der Waals surface area (Å²) in [6, 6.07) is 7.70.